The number of alkyl halides is 1. The smallest absolute Gasteiger partial charge is 0.0826 e. The lowest BCUT2D eigenvalue weighted by Crippen LogP contribution is -2.17. The Labute approximate surface area is 67.5 Å². The summed E-state index contributed by atoms with van der Waals surface area (Å²) in [5, 5.41) is 0. The van der Waals surface area contributed by atoms with Crippen molar-refractivity contribution in [3.05, 3.63) is 0 Å². The Kier molecular flexibility index (Phi) is 3.63. The maximum Gasteiger partial charge on any atom is 0.0826 e. The molecule has 0 radical (unpaired) electrons. The third kappa shape index (κ3) is 3.40. The second-order valence-electron chi connectivity index (χ2n) is 2.93. The Morgan fingerprint density at radius 3 is 2.50 bits per heavy atom. The van der Waals surface area contributed by atoms with Crippen molar-refractivity contribution in [1.29, 1.82) is 0 Å². The van der Waals surface area contributed by atoms with Gasteiger partial charge in [-0.05, 0) is 19.8 Å². The quantitative estimate of drug-likeness (QED) is 0.516. The molecule has 10 heavy (non-hydrogen) atoms. The molecule has 2 atom stereocenters. The van der Waals surface area contributed by atoms with Gasteiger partial charge < -0.3 is 10.9 Å². The molecular weight excluding hydrogens is 150 g/mol. The van der Waals surface area contributed by atoms with Crippen LogP contribution in [0, 0.1) is 0 Å². The fourth-order valence-electron chi connectivity index (χ4n) is 0.805. The second kappa shape index (κ2) is 3.56. The number of halogens is 1. The van der Waals surface area contributed by atoms with Crippen LogP contribution in [0.15, 0.2) is 0 Å². The lowest BCUT2D eigenvalue weighted by Gasteiger charge is -2.17. The van der Waals surface area contributed by atoms with Gasteiger partial charge in [0.05, 0.1) is 12.7 Å². The fraction of sp³-hybridized carbons (Fsp3) is 1.00. The van der Waals surface area contributed by atoms with Crippen LogP contribution in [-0.2, 0) is 4.74 Å². The summed E-state index contributed by atoms with van der Waals surface area (Å²) < 4.78 is 5.06. The predicted molar refractivity (Wildman–Crippen MR) is 43.9 cm³/mol. The van der Waals surface area contributed by atoms with Crippen molar-refractivity contribution in [2.75, 3.05) is 6.61 Å². The van der Waals surface area contributed by atoms with Gasteiger partial charge in [0.25, 0.3) is 0 Å². The number of epoxide rings is 1. The molecule has 0 aliphatic carbocycles. The normalized spacial score (nSPS) is 28.5. The summed E-state index contributed by atoms with van der Waals surface area (Å²) in [5.74, 6) is 0. The van der Waals surface area contributed by atoms with Crippen molar-refractivity contribution in [2.45, 2.75) is 37.7 Å². The first-order valence-electron chi connectivity index (χ1n) is 3.44. The Hall–Kier alpha value is 0.210. The zero-order chi connectivity index (χ0) is 6.91. The van der Waals surface area contributed by atoms with Gasteiger partial charge >= 0.3 is 0 Å². The van der Waals surface area contributed by atoms with Crippen molar-refractivity contribution in [3.63, 3.8) is 0 Å². The average Bonchev–Trinajstić information content (AvgIpc) is 2.50. The molecule has 1 aliphatic heterocycles. The van der Waals surface area contributed by atoms with E-state index in [9.17, 15) is 0 Å². The first-order chi connectivity index (χ1) is 4.14. The lowest BCUT2D eigenvalue weighted by molar-refractivity contribution is 0.369. The van der Waals surface area contributed by atoms with Crippen molar-refractivity contribution in [2.24, 2.45) is 0 Å². The maximum atomic E-state index is 6.08. The van der Waals surface area contributed by atoms with E-state index in [4.69, 9.17) is 16.3 Å². The van der Waals surface area contributed by atoms with Crippen LogP contribution in [0.3, 0.4) is 0 Å². The minimum Gasteiger partial charge on any atom is -0.373 e. The first kappa shape index (κ1) is 10.2. The van der Waals surface area contributed by atoms with Crippen molar-refractivity contribution in [3.8, 4) is 0 Å². The molecule has 2 nitrogen and oxygen atoms in total. The van der Waals surface area contributed by atoms with Crippen LogP contribution in [0.2, 0.25) is 0 Å². The number of rotatable bonds is 3. The molecule has 2 unspecified atom stereocenters. The van der Waals surface area contributed by atoms with Gasteiger partial charge in [0.15, 0.2) is 0 Å². The summed E-state index contributed by atoms with van der Waals surface area (Å²) in [7, 11) is 0. The van der Waals surface area contributed by atoms with E-state index in [1.807, 2.05) is 0 Å². The van der Waals surface area contributed by atoms with E-state index in [0.29, 0.717) is 6.10 Å². The third-order valence-electron chi connectivity index (χ3n) is 1.79. The molecule has 1 fully saturated rings. The highest BCUT2D eigenvalue weighted by Crippen LogP contribution is 2.30. The molecule has 3 N–H and O–H groups in total. The summed E-state index contributed by atoms with van der Waals surface area (Å²) in [6.45, 7) is 5.09. The van der Waals surface area contributed by atoms with Gasteiger partial charge in [0.2, 0.25) is 0 Å². The zero-order valence-electron chi connectivity index (χ0n) is 6.69. The molecule has 0 aromatic rings. The Morgan fingerprint density at radius 1 is 1.70 bits per heavy atom. The number of hydrogen-bond acceptors (Lipinski definition) is 2. The van der Waals surface area contributed by atoms with Crippen LogP contribution >= 0.6 is 11.6 Å². The summed E-state index contributed by atoms with van der Waals surface area (Å²) in [5.41, 5.74) is 0. The SMILES string of the molecule is CCC(C)(Cl)CC1CO1.N. The van der Waals surface area contributed by atoms with Gasteiger partial charge in [0.1, 0.15) is 0 Å². The van der Waals surface area contributed by atoms with E-state index in [-0.39, 0.29) is 11.0 Å². The molecule has 3 heteroatoms. The average molecular weight is 166 g/mol. The molecule has 1 saturated heterocycles. The van der Waals surface area contributed by atoms with Crippen LogP contribution in [-0.4, -0.2) is 17.6 Å². The van der Waals surface area contributed by atoms with Gasteiger partial charge in [-0.25, -0.2) is 0 Å². The molecule has 0 amide bonds. The summed E-state index contributed by atoms with van der Waals surface area (Å²) in [6, 6.07) is 0. The first-order valence-corrected chi connectivity index (χ1v) is 3.82. The topological polar surface area (TPSA) is 47.5 Å². The van der Waals surface area contributed by atoms with Crippen LogP contribution < -0.4 is 6.15 Å². The van der Waals surface area contributed by atoms with E-state index >= 15 is 0 Å². The molecule has 62 valence electrons. The molecular formula is C7H16ClNO. The summed E-state index contributed by atoms with van der Waals surface area (Å²) in [6.07, 6.45) is 2.49. The van der Waals surface area contributed by atoms with E-state index in [0.717, 1.165) is 19.4 Å². The molecule has 1 heterocycles. The fourth-order valence-corrected chi connectivity index (χ4v) is 0.977. The van der Waals surface area contributed by atoms with Gasteiger partial charge in [-0.2, -0.15) is 0 Å². The van der Waals surface area contributed by atoms with Crippen LogP contribution in [0.5, 0.6) is 0 Å². The minimum absolute atomic E-state index is 0. The molecule has 1 aliphatic rings. The van der Waals surface area contributed by atoms with Crippen LogP contribution in [0.25, 0.3) is 0 Å². The molecule has 0 spiro atoms. The highest BCUT2D eigenvalue weighted by molar-refractivity contribution is 6.23. The highest BCUT2D eigenvalue weighted by Gasteiger charge is 2.31. The van der Waals surface area contributed by atoms with E-state index < -0.39 is 0 Å². The standard InChI is InChI=1S/C7H13ClO.H3N/c1-3-7(2,8)4-6-5-9-6;/h6H,3-5H2,1-2H3;1H3. The Balaban J connectivity index is 0.000000810. The summed E-state index contributed by atoms with van der Waals surface area (Å²) in [4.78, 5) is -0.0266. The molecule has 0 bridgehead atoms. The van der Waals surface area contributed by atoms with Gasteiger partial charge in [-0.1, -0.05) is 6.92 Å². The zero-order valence-corrected chi connectivity index (χ0v) is 7.45. The highest BCUT2D eigenvalue weighted by atomic mass is 35.5. The van der Waals surface area contributed by atoms with Crippen molar-refractivity contribution >= 4 is 11.6 Å². The monoisotopic (exact) mass is 165 g/mol. The largest absolute Gasteiger partial charge is 0.373 e. The van der Waals surface area contributed by atoms with Gasteiger partial charge in [-0.3, -0.25) is 0 Å². The molecule has 0 aromatic carbocycles. The maximum absolute atomic E-state index is 6.08. The molecule has 0 aromatic heterocycles. The molecule has 0 saturated carbocycles. The van der Waals surface area contributed by atoms with E-state index in [2.05, 4.69) is 13.8 Å². The van der Waals surface area contributed by atoms with E-state index in [1.54, 1.807) is 0 Å². The van der Waals surface area contributed by atoms with E-state index in [1.165, 1.54) is 0 Å². The lowest BCUT2D eigenvalue weighted by atomic mass is 10.0. The Morgan fingerprint density at radius 2 is 2.20 bits per heavy atom. The Bertz CT molecular complexity index is 102. The minimum atomic E-state index is -0.0266. The van der Waals surface area contributed by atoms with Gasteiger partial charge in [0, 0.05) is 4.87 Å². The van der Waals surface area contributed by atoms with Crippen LogP contribution in [0.1, 0.15) is 26.7 Å². The second-order valence-corrected chi connectivity index (χ2v) is 3.84. The molecule has 1 rings (SSSR count). The number of ether oxygens (including phenoxy) is 1. The number of hydrogen-bond donors (Lipinski definition) is 1. The van der Waals surface area contributed by atoms with Crippen molar-refractivity contribution in [1.82, 2.24) is 6.15 Å². The summed E-state index contributed by atoms with van der Waals surface area (Å²) >= 11 is 6.08. The third-order valence-corrected chi connectivity index (χ3v) is 2.21. The van der Waals surface area contributed by atoms with Crippen molar-refractivity contribution < 1.29 is 4.74 Å². The van der Waals surface area contributed by atoms with Crippen LogP contribution in [0.4, 0.5) is 0 Å². The predicted octanol–water partition coefficient (Wildman–Crippen LogP) is 2.34. The van der Waals surface area contributed by atoms with Gasteiger partial charge in [-0.15, -0.1) is 11.6 Å².